The Balaban J connectivity index is 2.08. The molecule has 1 atom stereocenters. The fourth-order valence-electron chi connectivity index (χ4n) is 2.98. The molecule has 0 aliphatic carbocycles. The summed E-state index contributed by atoms with van der Waals surface area (Å²) < 4.78 is 23.0. The zero-order valence-electron chi connectivity index (χ0n) is 19.0. The van der Waals surface area contributed by atoms with Gasteiger partial charge < -0.3 is 15.2 Å². The van der Waals surface area contributed by atoms with Crippen LogP contribution < -0.4 is 11.1 Å². The van der Waals surface area contributed by atoms with E-state index in [1.807, 2.05) is 18.2 Å². The summed E-state index contributed by atoms with van der Waals surface area (Å²) in [6.45, 7) is 6.16. The molecule has 9 nitrogen and oxygen atoms in total. The molecule has 0 fully saturated rings. The minimum Gasteiger partial charge on any atom is -0.453 e. The maximum absolute atomic E-state index is 12.8. The Morgan fingerprint density at radius 3 is 2.85 bits per heavy atom. The molecule has 11 heteroatoms. The topological polar surface area (TPSA) is 129 Å². The Kier molecular flexibility index (Phi) is 8.63. The average Bonchev–Trinajstić information content (AvgIpc) is 3.20. The Hall–Kier alpha value is -3.41. The number of carbonyl (C=O) groups excluding carboxylic acids is 1. The maximum Gasteiger partial charge on any atom is 0.412 e. The lowest BCUT2D eigenvalue weighted by atomic mass is 10.0. The highest BCUT2D eigenvalue weighted by atomic mass is 32.2. The number of nitrogen functional groups attached to an aromatic ring is 1. The van der Waals surface area contributed by atoms with E-state index in [-0.39, 0.29) is 0 Å². The zero-order chi connectivity index (χ0) is 24.7. The van der Waals surface area contributed by atoms with Crippen LogP contribution in [0.15, 0.2) is 58.3 Å². The molecular weight excluding hydrogens is 474 g/mol. The van der Waals surface area contributed by atoms with Gasteiger partial charge in [-0.1, -0.05) is 12.6 Å². The van der Waals surface area contributed by atoms with Gasteiger partial charge in [0.1, 0.15) is 14.9 Å². The van der Waals surface area contributed by atoms with Crippen molar-refractivity contribution in [2.75, 3.05) is 32.3 Å². The van der Waals surface area contributed by atoms with Crippen molar-refractivity contribution in [3.8, 4) is 11.1 Å². The highest BCUT2D eigenvalue weighted by Crippen LogP contribution is 2.41. The number of nitrogens with one attached hydrogen (secondary N) is 1. The first-order valence-electron chi connectivity index (χ1n) is 10.1. The van der Waals surface area contributed by atoms with Crippen LogP contribution in [-0.2, 0) is 20.3 Å². The first-order valence-corrected chi connectivity index (χ1v) is 12.3. The highest BCUT2D eigenvalue weighted by molar-refractivity contribution is 7.87. The molecule has 0 aliphatic rings. The van der Waals surface area contributed by atoms with E-state index in [1.54, 1.807) is 32.5 Å². The van der Waals surface area contributed by atoms with Crippen LogP contribution in [0.4, 0.5) is 10.5 Å². The van der Waals surface area contributed by atoms with Crippen molar-refractivity contribution >= 4 is 55.9 Å². The van der Waals surface area contributed by atoms with Gasteiger partial charge in [-0.25, -0.2) is 14.8 Å². The summed E-state index contributed by atoms with van der Waals surface area (Å²) in [7, 11) is 1.51. The van der Waals surface area contributed by atoms with E-state index in [4.69, 9.17) is 15.5 Å². The van der Waals surface area contributed by atoms with Gasteiger partial charge in [-0.3, -0.25) is 14.5 Å². The Morgan fingerprint density at radius 2 is 2.21 bits per heavy atom. The van der Waals surface area contributed by atoms with Crippen molar-refractivity contribution in [3.05, 3.63) is 54.8 Å². The molecule has 3 heterocycles. The molecule has 0 spiro atoms. The van der Waals surface area contributed by atoms with Gasteiger partial charge in [-0.05, 0) is 30.7 Å². The number of aromatic nitrogens is 2. The molecule has 3 N–H and O–H groups in total. The number of carbonyl (C=O) groups is 1. The second-order valence-corrected chi connectivity index (χ2v) is 9.66. The van der Waals surface area contributed by atoms with Crippen LogP contribution in [0, 0.1) is 0 Å². The van der Waals surface area contributed by atoms with Crippen LogP contribution in [0.2, 0.25) is 0 Å². The number of nitrogens with two attached hydrogens (primary N) is 1. The Labute approximate surface area is 203 Å². The molecule has 0 saturated carbocycles. The summed E-state index contributed by atoms with van der Waals surface area (Å²) in [5.74, 6) is 0.638. The maximum atomic E-state index is 12.8. The van der Waals surface area contributed by atoms with Crippen LogP contribution in [-0.4, -0.2) is 53.1 Å². The van der Waals surface area contributed by atoms with Crippen molar-refractivity contribution < 1.29 is 18.5 Å². The largest absolute Gasteiger partial charge is 0.453 e. The van der Waals surface area contributed by atoms with E-state index in [0.717, 1.165) is 11.1 Å². The van der Waals surface area contributed by atoms with E-state index in [0.29, 0.717) is 49.6 Å². The van der Waals surface area contributed by atoms with E-state index in [2.05, 4.69) is 26.6 Å². The van der Waals surface area contributed by atoms with Gasteiger partial charge in [0, 0.05) is 42.2 Å². The van der Waals surface area contributed by atoms with Crippen molar-refractivity contribution in [2.45, 2.75) is 11.1 Å². The molecule has 0 aliphatic heterocycles. The summed E-state index contributed by atoms with van der Waals surface area (Å²) in [6.07, 6.45) is 5.91. The van der Waals surface area contributed by atoms with Gasteiger partial charge in [0.25, 0.3) is 0 Å². The van der Waals surface area contributed by atoms with Crippen LogP contribution in [0.1, 0.15) is 12.6 Å². The number of nitrogens with zero attached hydrogens (tertiary/aromatic N) is 3. The van der Waals surface area contributed by atoms with Gasteiger partial charge >= 0.3 is 6.09 Å². The number of thiophene rings is 1. The summed E-state index contributed by atoms with van der Waals surface area (Å²) >= 11 is 1.28. The fraction of sp³-hybridized carbons (Fsp3) is 0.217. The number of ether oxygens (including phenoxy) is 2. The molecule has 3 aromatic heterocycles. The Bertz CT molecular complexity index is 1290. The number of anilines is 1. The number of pyridine rings is 2. The number of hydrogen-bond acceptors (Lipinski definition) is 9. The van der Waals surface area contributed by atoms with E-state index in [9.17, 15) is 9.00 Å². The fourth-order valence-corrected chi connectivity index (χ4v) is 5.55. The predicted octanol–water partition coefficient (Wildman–Crippen LogP) is 4.00. The summed E-state index contributed by atoms with van der Waals surface area (Å²) in [4.78, 5) is 25.3. The molecule has 0 bridgehead atoms. The van der Waals surface area contributed by atoms with Gasteiger partial charge in [-0.2, -0.15) is 0 Å². The monoisotopic (exact) mass is 499 g/mol. The number of methoxy groups -OCH3 is 2. The average molecular weight is 500 g/mol. The predicted molar refractivity (Wildman–Crippen MR) is 137 cm³/mol. The number of allylic oxidation sites excluding steroid dienone is 2. The molecule has 178 valence electrons. The van der Waals surface area contributed by atoms with Gasteiger partial charge in [0.15, 0.2) is 0 Å². The number of alkyl carbamates (subject to hydrolysis) is 1. The van der Waals surface area contributed by atoms with E-state index < -0.39 is 16.9 Å². The van der Waals surface area contributed by atoms with Gasteiger partial charge in [0.05, 0.1) is 41.7 Å². The molecule has 3 rings (SSSR count). The molecule has 0 saturated heterocycles. The lowest BCUT2D eigenvalue weighted by Gasteiger charge is -2.08. The first-order chi connectivity index (χ1) is 16.4. The number of amides is 1. The van der Waals surface area contributed by atoms with E-state index >= 15 is 0 Å². The van der Waals surface area contributed by atoms with E-state index in [1.165, 1.54) is 24.7 Å². The summed E-state index contributed by atoms with van der Waals surface area (Å²) in [5.41, 5.74) is 9.59. The summed E-state index contributed by atoms with van der Waals surface area (Å²) in [5, 5.41) is 3.22. The quantitative estimate of drug-likeness (QED) is 0.426. The lowest BCUT2D eigenvalue weighted by Crippen LogP contribution is -2.21. The van der Waals surface area contributed by atoms with Crippen molar-refractivity contribution in [3.63, 3.8) is 0 Å². The second kappa shape index (κ2) is 11.6. The van der Waals surface area contributed by atoms with Crippen LogP contribution in [0.5, 0.6) is 0 Å². The third kappa shape index (κ3) is 5.74. The molecule has 1 unspecified atom stereocenters. The van der Waals surface area contributed by atoms with Crippen LogP contribution in [0.3, 0.4) is 0 Å². The van der Waals surface area contributed by atoms with Gasteiger partial charge in [0.2, 0.25) is 0 Å². The van der Waals surface area contributed by atoms with Crippen molar-refractivity contribution in [1.29, 1.82) is 0 Å². The number of aliphatic imine (C=N–C) groups is 1. The SMILES string of the molecule is C=C(C=N/C(=C\C)NC(=O)OC)c1cc(-c2cccnc2)c2c(N)c(S(=O)CCOC)sc2n1. The molecule has 1 amide bonds. The van der Waals surface area contributed by atoms with Crippen molar-refractivity contribution in [2.24, 2.45) is 4.99 Å². The minimum atomic E-state index is -1.32. The van der Waals surface area contributed by atoms with Crippen LogP contribution in [0.25, 0.3) is 26.9 Å². The Morgan fingerprint density at radius 1 is 1.41 bits per heavy atom. The number of hydrogen-bond donors (Lipinski definition) is 2. The third-order valence-electron chi connectivity index (χ3n) is 4.69. The second-order valence-electron chi connectivity index (χ2n) is 6.90. The van der Waals surface area contributed by atoms with Crippen molar-refractivity contribution in [1.82, 2.24) is 15.3 Å². The molecule has 0 radical (unpaired) electrons. The minimum absolute atomic E-state index is 0.303. The highest BCUT2D eigenvalue weighted by Gasteiger charge is 2.21. The number of rotatable bonds is 9. The lowest BCUT2D eigenvalue weighted by molar-refractivity contribution is 0.174. The third-order valence-corrected chi connectivity index (χ3v) is 7.57. The molecular formula is C23H25N5O4S2. The normalized spacial score (nSPS) is 12.7. The first kappa shape index (κ1) is 25.2. The smallest absolute Gasteiger partial charge is 0.412 e. The molecule has 0 aromatic carbocycles. The zero-order valence-corrected chi connectivity index (χ0v) is 20.7. The van der Waals surface area contributed by atoms with Crippen LogP contribution >= 0.6 is 11.3 Å². The molecule has 3 aromatic rings. The summed E-state index contributed by atoms with van der Waals surface area (Å²) in [6, 6.07) is 5.59. The standard InChI is InChI=1S/C23H25N5O4S2/c1-5-18(28-23(29)32-4)26-12-14(2)17-11-16(15-7-6-8-25-13-15)19-20(24)22(33-21(19)27-17)34(30)10-9-31-3/h5-8,11-13H,2,9-10,24H2,1,3-4H3,(H,28,29)/b18-5+,26-12?. The number of fused-ring (bicyclic) bond motifs is 1. The molecule has 34 heavy (non-hydrogen) atoms. The van der Waals surface area contributed by atoms with Gasteiger partial charge in [-0.15, -0.1) is 11.3 Å².